The maximum absolute atomic E-state index is 13.5. The van der Waals surface area contributed by atoms with E-state index in [4.69, 9.17) is 9.72 Å². The van der Waals surface area contributed by atoms with Crippen LogP contribution in [0.4, 0.5) is 0 Å². The number of fused-ring (bicyclic) bond motifs is 2. The molecule has 2 aliphatic rings. The first kappa shape index (κ1) is 21.8. The number of pyridine rings is 1. The van der Waals surface area contributed by atoms with Gasteiger partial charge in [0.1, 0.15) is 0 Å². The predicted octanol–water partition coefficient (Wildman–Crippen LogP) is 5.78. The number of nitrogens with one attached hydrogen (secondary N) is 1. The number of hydrogen-bond donors (Lipinski definition) is 1. The summed E-state index contributed by atoms with van der Waals surface area (Å²) in [4.78, 5) is 32.2. The Morgan fingerprint density at radius 3 is 2.73 bits per heavy atom. The quantitative estimate of drug-likeness (QED) is 0.490. The molecule has 5 nitrogen and oxygen atoms in total. The lowest BCUT2D eigenvalue weighted by Crippen LogP contribution is -2.41. The van der Waals surface area contributed by atoms with Crippen molar-refractivity contribution in [3.05, 3.63) is 63.5 Å². The van der Waals surface area contributed by atoms with E-state index in [1.54, 1.807) is 18.3 Å². The third-order valence-corrected chi connectivity index (χ3v) is 7.41. The molecule has 1 aromatic carbocycles. The number of esters is 1. The zero-order valence-electron chi connectivity index (χ0n) is 18.8. The molecular formula is C27H28N2O3S. The Balaban J connectivity index is 1.49. The van der Waals surface area contributed by atoms with Crippen LogP contribution in [0.1, 0.15) is 71.9 Å². The van der Waals surface area contributed by atoms with Crippen LogP contribution in [0, 0.1) is 0 Å². The third kappa shape index (κ3) is 4.58. The zero-order valence-corrected chi connectivity index (χ0v) is 19.6. The van der Waals surface area contributed by atoms with Crippen LogP contribution in [0.2, 0.25) is 0 Å². The van der Waals surface area contributed by atoms with Gasteiger partial charge < -0.3 is 10.1 Å². The molecule has 6 heteroatoms. The van der Waals surface area contributed by atoms with Gasteiger partial charge in [0.25, 0.3) is 5.91 Å². The van der Waals surface area contributed by atoms with Crippen LogP contribution in [0.25, 0.3) is 22.6 Å². The molecule has 0 saturated heterocycles. The second-order valence-corrected chi connectivity index (χ2v) is 9.89. The van der Waals surface area contributed by atoms with Crippen LogP contribution in [0.15, 0.2) is 41.8 Å². The molecule has 0 aliphatic heterocycles. The van der Waals surface area contributed by atoms with Gasteiger partial charge in [0.15, 0.2) is 6.10 Å². The van der Waals surface area contributed by atoms with Crippen LogP contribution in [-0.4, -0.2) is 29.0 Å². The van der Waals surface area contributed by atoms with Crippen molar-refractivity contribution in [1.29, 1.82) is 0 Å². The monoisotopic (exact) mass is 460 g/mol. The number of carbonyl (C=O) groups is 2. The Hall–Kier alpha value is -2.99. The van der Waals surface area contributed by atoms with Gasteiger partial charge in [-0.3, -0.25) is 4.79 Å². The SMILES string of the molecule is CC(OC(=O)c1c2c(nc3ccccc13)/C(=C/c1cccs1)CCC2)C(=O)NC1CCCC1. The van der Waals surface area contributed by atoms with Crippen LogP contribution in [-0.2, 0) is 16.0 Å². The minimum absolute atomic E-state index is 0.193. The summed E-state index contributed by atoms with van der Waals surface area (Å²) in [5.41, 5.74) is 4.27. The number of aromatic nitrogens is 1. The Morgan fingerprint density at radius 2 is 1.94 bits per heavy atom. The second kappa shape index (κ2) is 9.48. The van der Waals surface area contributed by atoms with Crippen molar-refractivity contribution in [2.45, 2.75) is 64.0 Å². The Morgan fingerprint density at radius 1 is 1.12 bits per heavy atom. The fourth-order valence-electron chi connectivity index (χ4n) is 4.91. The van der Waals surface area contributed by atoms with Gasteiger partial charge in [0.05, 0.1) is 16.8 Å². The highest BCUT2D eigenvalue weighted by molar-refractivity contribution is 7.10. The Kier molecular flexibility index (Phi) is 6.27. The van der Waals surface area contributed by atoms with E-state index < -0.39 is 12.1 Å². The van der Waals surface area contributed by atoms with Crippen molar-refractivity contribution in [3.8, 4) is 0 Å². The molecule has 0 bridgehead atoms. The normalized spacial score (nSPS) is 18.3. The maximum atomic E-state index is 13.5. The minimum Gasteiger partial charge on any atom is -0.449 e. The smallest absolute Gasteiger partial charge is 0.339 e. The molecule has 170 valence electrons. The van der Waals surface area contributed by atoms with E-state index in [-0.39, 0.29) is 11.9 Å². The maximum Gasteiger partial charge on any atom is 0.339 e. The molecule has 1 saturated carbocycles. The van der Waals surface area contributed by atoms with Crippen molar-refractivity contribution in [1.82, 2.24) is 10.3 Å². The number of amides is 1. The number of carbonyl (C=O) groups excluding carboxylic acids is 2. The molecule has 0 spiro atoms. The van der Waals surface area contributed by atoms with Crippen LogP contribution >= 0.6 is 11.3 Å². The Bertz CT molecular complexity index is 1210. The molecule has 1 fully saturated rings. The van der Waals surface area contributed by atoms with E-state index in [1.165, 1.54) is 4.88 Å². The molecule has 5 rings (SSSR count). The summed E-state index contributed by atoms with van der Waals surface area (Å²) in [6.07, 6.45) is 8.23. The third-order valence-electron chi connectivity index (χ3n) is 6.59. The number of benzene rings is 1. The van der Waals surface area contributed by atoms with Crippen molar-refractivity contribution < 1.29 is 14.3 Å². The highest BCUT2D eigenvalue weighted by Crippen LogP contribution is 2.37. The number of rotatable bonds is 5. The van der Waals surface area contributed by atoms with Crippen LogP contribution in [0.5, 0.6) is 0 Å². The molecule has 33 heavy (non-hydrogen) atoms. The molecular weight excluding hydrogens is 432 g/mol. The molecule has 2 aliphatic carbocycles. The predicted molar refractivity (Wildman–Crippen MR) is 132 cm³/mol. The van der Waals surface area contributed by atoms with Gasteiger partial charge in [0, 0.05) is 16.3 Å². The number of para-hydroxylation sites is 1. The summed E-state index contributed by atoms with van der Waals surface area (Å²) in [6.45, 7) is 1.65. The second-order valence-electron chi connectivity index (χ2n) is 8.91. The number of ether oxygens (including phenoxy) is 1. The summed E-state index contributed by atoms with van der Waals surface area (Å²) in [6, 6.07) is 12.0. The van der Waals surface area contributed by atoms with Crippen LogP contribution in [0.3, 0.4) is 0 Å². The zero-order chi connectivity index (χ0) is 22.8. The van der Waals surface area contributed by atoms with Crippen molar-refractivity contribution >= 4 is 45.8 Å². The molecule has 0 radical (unpaired) electrons. The summed E-state index contributed by atoms with van der Waals surface area (Å²) < 4.78 is 5.73. The number of allylic oxidation sites excluding steroid dienone is 1. The van der Waals surface area contributed by atoms with E-state index in [2.05, 4.69) is 22.8 Å². The van der Waals surface area contributed by atoms with Crippen molar-refractivity contribution in [3.63, 3.8) is 0 Å². The van der Waals surface area contributed by atoms with E-state index in [0.717, 1.165) is 72.7 Å². The van der Waals surface area contributed by atoms with Gasteiger partial charge in [-0.05, 0) is 73.8 Å². The van der Waals surface area contributed by atoms with Gasteiger partial charge in [-0.25, -0.2) is 9.78 Å². The van der Waals surface area contributed by atoms with E-state index in [9.17, 15) is 9.59 Å². The molecule has 1 amide bonds. The Labute approximate surface area is 197 Å². The lowest BCUT2D eigenvalue weighted by Gasteiger charge is -2.23. The first-order valence-corrected chi connectivity index (χ1v) is 12.7. The standard InChI is InChI=1S/C27H28N2O3S/c1-17(26(30)28-19-9-2-3-10-19)32-27(31)24-21-12-4-5-14-23(21)29-25-18(8-6-13-22(24)25)16-20-11-7-15-33-20/h4-5,7,11-12,14-17,19H,2-3,6,8-10,13H2,1H3,(H,28,30)/b18-16+. The first-order valence-electron chi connectivity index (χ1n) is 11.8. The number of nitrogens with zero attached hydrogens (tertiary/aromatic N) is 1. The summed E-state index contributed by atoms with van der Waals surface area (Å²) >= 11 is 1.69. The highest BCUT2D eigenvalue weighted by Gasteiger charge is 2.29. The topological polar surface area (TPSA) is 68.3 Å². The van der Waals surface area contributed by atoms with E-state index in [0.29, 0.717) is 5.56 Å². The van der Waals surface area contributed by atoms with Crippen molar-refractivity contribution in [2.75, 3.05) is 0 Å². The van der Waals surface area contributed by atoms with Gasteiger partial charge in [-0.15, -0.1) is 11.3 Å². The van der Waals surface area contributed by atoms with Gasteiger partial charge in [-0.1, -0.05) is 37.1 Å². The average Bonchev–Trinajstić information content (AvgIpc) is 3.52. The van der Waals surface area contributed by atoms with E-state index in [1.807, 2.05) is 30.3 Å². The van der Waals surface area contributed by atoms with Gasteiger partial charge in [0.2, 0.25) is 0 Å². The first-order chi connectivity index (χ1) is 16.1. The number of thiophene rings is 1. The lowest BCUT2D eigenvalue weighted by atomic mass is 9.86. The molecule has 2 heterocycles. The largest absolute Gasteiger partial charge is 0.449 e. The molecule has 1 unspecified atom stereocenters. The molecule has 2 aromatic heterocycles. The summed E-state index contributed by atoms with van der Waals surface area (Å²) in [5, 5.41) is 5.87. The fraction of sp³-hybridized carbons (Fsp3) is 0.370. The molecule has 1 N–H and O–H groups in total. The van der Waals surface area contributed by atoms with Gasteiger partial charge >= 0.3 is 5.97 Å². The van der Waals surface area contributed by atoms with Crippen molar-refractivity contribution in [2.24, 2.45) is 0 Å². The minimum atomic E-state index is -0.842. The average molecular weight is 461 g/mol. The highest BCUT2D eigenvalue weighted by atomic mass is 32.1. The van der Waals surface area contributed by atoms with E-state index >= 15 is 0 Å². The lowest BCUT2D eigenvalue weighted by molar-refractivity contribution is -0.129. The summed E-state index contributed by atoms with van der Waals surface area (Å²) in [7, 11) is 0. The molecule has 3 aromatic rings. The van der Waals surface area contributed by atoms with Gasteiger partial charge in [-0.2, -0.15) is 0 Å². The summed E-state index contributed by atoms with van der Waals surface area (Å²) in [5.74, 6) is -0.669. The fourth-order valence-corrected chi connectivity index (χ4v) is 5.60. The number of hydrogen-bond acceptors (Lipinski definition) is 5. The molecule has 1 atom stereocenters. The van der Waals surface area contributed by atoms with Crippen LogP contribution < -0.4 is 5.32 Å².